The molecule has 0 saturated heterocycles. The molecule has 116 valence electrons. The minimum atomic E-state index is -0.247. The summed E-state index contributed by atoms with van der Waals surface area (Å²) in [5, 5.41) is 6.96. The molecular formula is C15H18N4O2S. The first kappa shape index (κ1) is 14.8. The highest BCUT2D eigenvalue weighted by atomic mass is 32.1. The summed E-state index contributed by atoms with van der Waals surface area (Å²) in [6.07, 6.45) is 2.45. The molecule has 0 bridgehead atoms. The second-order valence-electron chi connectivity index (χ2n) is 5.48. The van der Waals surface area contributed by atoms with Crippen molar-refractivity contribution in [2.75, 3.05) is 0 Å². The molecule has 7 heteroatoms. The molecule has 1 atom stereocenters. The Morgan fingerprint density at radius 1 is 1.41 bits per heavy atom. The summed E-state index contributed by atoms with van der Waals surface area (Å²) in [7, 11) is 0. The van der Waals surface area contributed by atoms with Gasteiger partial charge in [0.1, 0.15) is 18.4 Å². The molecule has 0 aliphatic rings. The number of nitrogens with zero attached hydrogens (tertiary/aromatic N) is 3. The Morgan fingerprint density at radius 3 is 2.91 bits per heavy atom. The first-order valence-corrected chi connectivity index (χ1v) is 8.08. The summed E-state index contributed by atoms with van der Waals surface area (Å²) in [6, 6.07) is 3.99. The maximum Gasteiger partial charge on any atom is 0.291 e. The maximum absolute atomic E-state index is 12.5. The first-order valence-electron chi connectivity index (χ1n) is 7.26. The Morgan fingerprint density at radius 2 is 2.18 bits per heavy atom. The molecule has 0 spiro atoms. The molecule has 3 rings (SSSR count). The van der Waals surface area contributed by atoms with Crippen LogP contribution in [0.1, 0.15) is 25.1 Å². The van der Waals surface area contributed by atoms with Gasteiger partial charge in [0.2, 0.25) is 5.91 Å². The van der Waals surface area contributed by atoms with E-state index in [-0.39, 0.29) is 24.1 Å². The molecular weight excluding hydrogens is 300 g/mol. The molecule has 6 nitrogen and oxygen atoms in total. The third-order valence-corrected chi connectivity index (χ3v) is 4.71. The number of nitrogens with one attached hydrogen (secondary N) is 1. The van der Waals surface area contributed by atoms with E-state index in [0.717, 1.165) is 16.6 Å². The highest BCUT2D eigenvalue weighted by molar-refractivity contribution is 7.19. The Kier molecular flexibility index (Phi) is 3.74. The summed E-state index contributed by atoms with van der Waals surface area (Å²) in [6.45, 7) is 5.90. The average molecular weight is 318 g/mol. The topological polar surface area (TPSA) is 68.4 Å². The number of amides is 1. The third kappa shape index (κ3) is 2.52. The van der Waals surface area contributed by atoms with Crippen molar-refractivity contribution in [1.82, 2.24) is 19.5 Å². The lowest BCUT2D eigenvalue weighted by Crippen LogP contribution is -2.38. The van der Waals surface area contributed by atoms with E-state index in [1.165, 1.54) is 9.56 Å². The maximum atomic E-state index is 12.5. The van der Waals surface area contributed by atoms with Gasteiger partial charge in [-0.15, -0.1) is 11.3 Å². The van der Waals surface area contributed by atoms with Crippen molar-refractivity contribution in [1.29, 1.82) is 0 Å². The van der Waals surface area contributed by atoms with Gasteiger partial charge in [-0.05, 0) is 32.4 Å². The number of aryl methyl sites for hydroxylation is 1. The highest BCUT2D eigenvalue weighted by Gasteiger charge is 2.13. The van der Waals surface area contributed by atoms with Crippen molar-refractivity contribution in [3.63, 3.8) is 0 Å². The van der Waals surface area contributed by atoms with Crippen LogP contribution in [0.15, 0.2) is 23.3 Å². The van der Waals surface area contributed by atoms with Gasteiger partial charge in [0.15, 0.2) is 0 Å². The number of carbonyl (C=O) groups excluding carboxylic acids is 1. The van der Waals surface area contributed by atoms with Gasteiger partial charge in [-0.1, -0.05) is 6.92 Å². The van der Waals surface area contributed by atoms with Crippen LogP contribution in [0, 0.1) is 6.92 Å². The minimum Gasteiger partial charge on any atom is -0.352 e. The van der Waals surface area contributed by atoms with E-state index in [2.05, 4.69) is 10.4 Å². The molecule has 1 amide bonds. The Labute approximate surface area is 131 Å². The second-order valence-corrected chi connectivity index (χ2v) is 6.76. The van der Waals surface area contributed by atoms with Gasteiger partial charge in [0.05, 0.1) is 10.2 Å². The van der Waals surface area contributed by atoms with Gasteiger partial charge in [-0.25, -0.2) is 4.68 Å². The van der Waals surface area contributed by atoms with Crippen molar-refractivity contribution in [2.45, 2.75) is 39.8 Å². The predicted octanol–water partition coefficient (Wildman–Crippen LogP) is 1.93. The van der Waals surface area contributed by atoms with Gasteiger partial charge >= 0.3 is 0 Å². The Hall–Kier alpha value is -2.15. The molecule has 3 heterocycles. The molecule has 3 aromatic rings. The summed E-state index contributed by atoms with van der Waals surface area (Å²) >= 11 is 1.64. The monoisotopic (exact) mass is 318 g/mol. The van der Waals surface area contributed by atoms with E-state index in [9.17, 15) is 9.59 Å². The summed E-state index contributed by atoms with van der Waals surface area (Å²) in [5.41, 5.74) is 1.29. The van der Waals surface area contributed by atoms with Crippen LogP contribution >= 0.6 is 11.3 Å². The van der Waals surface area contributed by atoms with Gasteiger partial charge in [0, 0.05) is 10.9 Å². The minimum absolute atomic E-state index is 0.0580. The van der Waals surface area contributed by atoms with Crippen LogP contribution in [0.5, 0.6) is 0 Å². The normalized spacial score (nSPS) is 12.9. The van der Waals surface area contributed by atoms with Crippen LogP contribution < -0.4 is 10.9 Å². The molecule has 3 aromatic heterocycles. The first-order chi connectivity index (χ1) is 10.5. The molecule has 0 radical (unpaired) electrons. The van der Waals surface area contributed by atoms with E-state index < -0.39 is 0 Å². The molecule has 0 unspecified atom stereocenters. The van der Waals surface area contributed by atoms with E-state index in [1.54, 1.807) is 22.1 Å². The molecule has 0 aromatic carbocycles. The largest absolute Gasteiger partial charge is 0.352 e. The number of carbonyl (C=O) groups is 1. The number of thiophene rings is 1. The Bertz CT molecular complexity index is 905. The molecule has 0 saturated carbocycles. The zero-order chi connectivity index (χ0) is 15.9. The number of aromatic nitrogens is 3. The summed E-state index contributed by atoms with van der Waals surface area (Å²) < 4.78 is 4.05. The molecule has 0 fully saturated rings. The van der Waals surface area contributed by atoms with E-state index in [1.807, 2.05) is 32.9 Å². The van der Waals surface area contributed by atoms with Crippen LogP contribution in [0.4, 0.5) is 0 Å². The third-order valence-electron chi connectivity index (χ3n) is 3.72. The average Bonchev–Trinajstić information content (AvgIpc) is 2.98. The standard InChI is InChI=1S/C15H18N4O2S/c1-4-9(2)17-14(20)7-19-15(21)12-6-13-11(5-10(3)22-13)18(12)8-16-19/h5-6,8-9H,4,7H2,1-3H3,(H,17,20)/t9-/m1/s1. The summed E-state index contributed by atoms with van der Waals surface area (Å²) in [4.78, 5) is 25.6. The van der Waals surface area contributed by atoms with Crippen LogP contribution in [0.25, 0.3) is 15.7 Å². The van der Waals surface area contributed by atoms with Gasteiger partial charge < -0.3 is 5.32 Å². The fraction of sp³-hybridized carbons (Fsp3) is 0.400. The van der Waals surface area contributed by atoms with Crippen LogP contribution in [-0.2, 0) is 11.3 Å². The fourth-order valence-corrected chi connectivity index (χ4v) is 3.34. The lowest BCUT2D eigenvalue weighted by Gasteiger charge is -2.11. The number of rotatable bonds is 4. The van der Waals surface area contributed by atoms with Crippen LogP contribution in [0.3, 0.4) is 0 Å². The number of fused-ring (bicyclic) bond motifs is 3. The highest BCUT2D eigenvalue weighted by Crippen LogP contribution is 2.26. The van der Waals surface area contributed by atoms with E-state index in [4.69, 9.17) is 0 Å². The smallest absolute Gasteiger partial charge is 0.291 e. The van der Waals surface area contributed by atoms with Gasteiger partial charge in [-0.2, -0.15) is 5.10 Å². The van der Waals surface area contributed by atoms with E-state index in [0.29, 0.717) is 5.52 Å². The van der Waals surface area contributed by atoms with Crippen molar-refractivity contribution in [3.05, 3.63) is 33.7 Å². The lowest BCUT2D eigenvalue weighted by atomic mass is 10.2. The van der Waals surface area contributed by atoms with Gasteiger partial charge in [0.25, 0.3) is 5.56 Å². The zero-order valence-corrected chi connectivity index (χ0v) is 13.6. The van der Waals surface area contributed by atoms with Crippen molar-refractivity contribution in [2.24, 2.45) is 0 Å². The lowest BCUT2D eigenvalue weighted by molar-refractivity contribution is -0.122. The molecule has 22 heavy (non-hydrogen) atoms. The SMILES string of the molecule is CC[C@@H](C)NC(=O)Cn1ncn2c(cc3sc(C)cc32)c1=O. The zero-order valence-electron chi connectivity index (χ0n) is 12.8. The second kappa shape index (κ2) is 5.57. The van der Waals surface area contributed by atoms with Crippen molar-refractivity contribution < 1.29 is 4.79 Å². The Balaban J connectivity index is 1.96. The quantitative estimate of drug-likeness (QED) is 0.799. The molecule has 0 aliphatic heterocycles. The van der Waals surface area contributed by atoms with Crippen molar-refractivity contribution in [3.8, 4) is 0 Å². The van der Waals surface area contributed by atoms with E-state index >= 15 is 0 Å². The van der Waals surface area contributed by atoms with Crippen molar-refractivity contribution >= 4 is 33.0 Å². The fourth-order valence-electron chi connectivity index (χ4n) is 2.39. The molecule has 1 N–H and O–H groups in total. The number of hydrogen-bond donors (Lipinski definition) is 1. The molecule has 0 aliphatic carbocycles. The van der Waals surface area contributed by atoms with Crippen LogP contribution in [0.2, 0.25) is 0 Å². The van der Waals surface area contributed by atoms with Crippen LogP contribution in [-0.4, -0.2) is 26.1 Å². The summed E-state index contributed by atoms with van der Waals surface area (Å²) in [5.74, 6) is -0.197. The predicted molar refractivity (Wildman–Crippen MR) is 87.5 cm³/mol. The number of hydrogen-bond acceptors (Lipinski definition) is 4. The van der Waals surface area contributed by atoms with Gasteiger partial charge in [-0.3, -0.25) is 14.0 Å².